The summed E-state index contributed by atoms with van der Waals surface area (Å²) in [6.45, 7) is 22.0. The van der Waals surface area contributed by atoms with Crippen LogP contribution >= 0.6 is 0 Å². The van der Waals surface area contributed by atoms with Crippen LogP contribution in [0.4, 0.5) is 0 Å². The Hall–Kier alpha value is -4.15. The van der Waals surface area contributed by atoms with Gasteiger partial charge < -0.3 is 5.11 Å². The Labute approximate surface area is 299 Å². The molecule has 0 aliphatic heterocycles. The topological polar surface area (TPSA) is 76.7 Å². The van der Waals surface area contributed by atoms with Crippen molar-refractivity contribution in [1.29, 1.82) is 0 Å². The number of aromatic nitrogens is 5. The fraction of sp³-hybridized carbons (Fsp3) is 0.317. The first kappa shape index (κ1) is 35.2. The Morgan fingerprint density at radius 3 is 1.83 bits per heavy atom. The van der Waals surface area contributed by atoms with E-state index in [0.29, 0.717) is 23.0 Å². The third kappa shape index (κ3) is 6.87. The molecule has 0 saturated carbocycles. The number of rotatable bonds is 4. The minimum absolute atomic E-state index is 0. The number of aromatic hydroxyl groups is 1. The molecule has 1 N–H and O–H groups in total. The molecule has 250 valence electrons. The Bertz CT molecular complexity index is 2090. The summed E-state index contributed by atoms with van der Waals surface area (Å²) in [6.07, 6.45) is 1.55. The van der Waals surface area contributed by atoms with Gasteiger partial charge in [0.05, 0.1) is 22.4 Å². The van der Waals surface area contributed by atoms with Crippen molar-refractivity contribution in [3.63, 3.8) is 0 Å². The van der Waals surface area contributed by atoms with Gasteiger partial charge in [-0.1, -0.05) is 104 Å². The average molecular weight is 818 g/mol. The van der Waals surface area contributed by atoms with Crippen LogP contribution < -0.4 is 0 Å². The van der Waals surface area contributed by atoms with Crippen molar-refractivity contribution >= 4 is 11.0 Å². The molecule has 0 amide bonds. The second kappa shape index (κ2) is 12.7. The van der Waals surface area contributed by atoms with Gasteiger partial charge in [-0.05, 0) is 64.6 Å². The molecule has 48 heavy (non-hydrogen) atoms. The molecule has 0 bridgehead atoms. The van der Waals surface area contributed by atoms with Crippen molar-refractivity contribution in [1.82, 2.24) is 24.5 Å². The second-order valence-corrected chi connectivity index (χ2v) is 15.5. The van der Waals surface area contributed by atoms with Gasteiger partial charge in [0.25, 0.3) is 0 Å². The van der Waals surface area contributed by atoms with Crippen LogP contribution in [-0.4, -0.2) is 29.6 Å². The van der Waals surface area contributed by atoms with Gasteiger partial charge in [0.2, 0.25) is 0 Å². The van der Waals surface area contributed by atoms with Crippen LogP contribution in [0.5, 0.6) is 5.75 Å². The third-order valence-electron chi connectivity index (χ3n) is 8.70. The average Bonchev–Trinajstić information content (AvgIpc) is 3.39. The summed E-state index contributed by atoms with van der Waals surface area (Å²) in [5, 5.41) is 11.1. The maximum Gasteiger partial charge on any atom is 0.148 e. The summed E-state index contributed by atoms with van der Waals surface area (Å²) in [5.41, 5.74) is 9.45. The minimum atomic E-state index is -0.133. The molecule has 2 heterocycles. The van der Waals surface area contributed by atoms with E-state index in [2.05, 4.69) is 136 Å². The van der Waals surface area contributed by atoms with E-state index in [9.17, 15) is 5.11 Å². The van der Waals surface area contributed by atoms with E-state index in [-0.39, 0.29) is 43.1 Å². The Morgan fingerprint density at radius 2 is 1.23 bits per heavy atom. The Balaban J connectivity index is 0.00000451. The fourth-order valence-corrected chi connectivity index (χ4v) is 5.80. The summed E-state index contributed by atoms with van der Waals surface area (Å²) in [4.78, 5) is 18.7. The SMILES string of the molecule is Cc1ncnc(-c2[c-]c(-c3cccc4c3nc(-c3ccccc3O)n4-c3cc(C(C)(C)C)cc(C(C)(C)C)c3)cc(C(C)(C)C)c2)n1.[Pt]. The molecule has 2 aromatic heterocycles. The van der Waals surface area contributed by atoms with Crippen LogP contribution in [0.1, 0.15) is 84.8 Å². The number of aryl methyl sites for hydroxylation is 1. The fourth-order valence-electron chi connectivity index (χ4n) is 5.80. The van der Waals surface area contributed by atoms with Crippen molar-refractivity contribution in [2.24, 2.45) is 0 Å². The molecule has 4 aromatic carbocycles. The van der Waals surface area contributed by atoms with Gasteiger partial charge in [0.15, 0.2) is 0 Å². The number of fused-ring (bicyclic) bond motifs is 1. The van der Waals surface area contributed by atoms with E-state index in [4.69, 9.17) is 4.98 Å². The standard InChI is InChI=1S/C41H44N5O.Pt/c1-25-42-24-43-37(44-25)27-18-26(19-28(20-27)39(2,3)4)32-15-13-16-34-36(32)45-38(33-14-11-12-17-35(33)47)46(34)31-22-29(40(5,6)7)21-30(23-31)41(8,9)10;/h11-17,19-24,47H,1-10H3;/q-1;. The molecular formula is C41H44N5OPt-. The second-order valence-electron chi connectivity index (χ2n) is 15.5. The van der Waals surface area contributed by atoms with Gasteiger partial charge in [0, 0.05) is 26.8 Å². The van der Waals surface area contributed by atoms with Gasteiger partial charge in [-0.3, -0.25) is 14.5 Å². The maximum absolute atomic E-state index is 11.1. The summed E-state index contributed by atoms with van der Waals surface area (Å²) >= 11 is 0. The predicted octanol–water partition coefficient (Wildman–Crippen LogP) is 9.92. The van der Waals surface area contributed by atoms with E-state index in [0.717, 1.165) is 39.0 Å². The molecule has 0 aliphatic rings. The third-order valence-corrected chi connectivity index (χ3v) is 8.70. The molecule has 0 unspecified atom stereocenters. The van der Waals surface area contributed by atoms with Crippen molar-refractivity contribution in [3.8, 4) is 45.3 Å². The van der Waals surface area contributed by atoms with E-state index in [1.165, 1.54) is 11.1 Å². The first-order valence-electron chi connectivity index (χ1n) is 16.2. The number of imidazole rings is 1. The van der Waals surface area contributed by atoms with Crippen molar-refractivity contribution < 1.29 is 26.2 Å². The van der Waals surface area contributed by atoms with Gasteiger partial charge in [-0.2, -0.15) is 0 Å². The Kier molecular flexibility index (Phi) is 9.31. The zero-order valence-corrected chi connectivity index (χ0v) is 31.8. The van der Waals surface area contributed by atoms with Gasteiger partial charge >= 0.3 is 0 Å². The van der Waals surface area contributed by atoms with Gasteiger partial charge in [-0.15, -0.1) is 29.3 Å². The van der Waals surface area contributed by atoms with Crippen LogP contribution in [-0.2, 0) is 37.3 Å². The number of phenols is 1. The summed E-state index contributed by atoms with van der Waals surface area (Å²) in [5.74, 6) is 2.11. The number of para-hydroxylation sites is 2. The molecule has 6 aromatic rings. The zero-order valence-electron chi connectivity index (χ0n) is 29.5. The molecule has 0 fully saturated rings. The largest absolute Gasteiger partial charge is 0.507 e. The van der Waals surface area contributed by atoms with E-state index >= 15 is 0 Å². The van der Waals surface area contributed by atoms with E-state index in [1.807, 2.05) is 25.1 Å². The van der Waals surface area contributed by atoms with Crippen LogP contribution in [0.15, 0.2) is 79.1 Å². The van der Waals surface area contributed by atoms with Crippen LogP contribution in [0, 0.1) is 13.0 Å². The zero-order chi connectivity index (χ0) is 33.9. The molecule has 0 atom stereocenters. The minimum Gasteiger partial charge on any atom is -0.507 e. The van der Waals surface area contributed by atoms with Crippen LogP contribution in [0.25, 0.3) is 50.6 Å². The van der Waals surface area contributed by atoms with Crippen molar-refractivity contribution in [3.05, 3.63) is 108 Å². The first-order valence-corrected chi connectivity index (χ1v) is 16.2. The summed E-state index contributed by atoms with van der Waals surface area (Å²) < 4.78 is 2.20. The van der Waals surface area contributed by atoms with E-state index < -0.39 is 0 Å². The predicted molar refractivity (Wildman–Crippen MR) is 192 cm³/mol. The molecule has 0 saturated heterocycles. The van der Waals surface area contributed by atoms with Gasteiger partial charge in [0.1, 0.15) is 23.7 Å². The van der Waals surface area contributed by atoms with Crippen LogP contribution in [0.2, 0.25) is 0 Å². The monoisotopic (exact) mass is 817 g/mol. The molecule has 7 heteroatoms. The summed E-state index contributed by atoms with van der Waals surface area (Å²) in [7, 11) is 0. The van der Waals surface area contributed by atoms with Gasteiger partial charge in [-0.25, -0.2) is 9.97 Å². The smallest absolute Gasteiger partial charge is 0.148 e. The number of hydrogen-bond donors (Lipinski definition) is 1. The first-order chi connectivity index (χ1) is 22.0. The van der Waals surface area contributed by atoms with Crippen molar-refractivity contribution in [2.75, 3.05) is 0 Å². The molecule has 6 nitrogen and oxygen atoms in total. The summed E-state index contributed by atoms with van der Waals surface area (Å²) in [6, 6.07) is 28.5. The van der Waals surface area contributed by atoms with Crippen LogP contribution in [0.3, 0.4) is 0 Å². The number of hydrogen-bond acceptors (Lipinski definition) is 5. The molecular weight excluding hydrogens is 774 g/mol. The molecule has 0 spiro atoms. The van der Waals surface area contributed by atoms with E-state index in [1.54, 1.807) is 12.4 Å². The number of benzene rings is 4. The maximum atomic E-state index is 11.1. The molecule has 0 radical (unpaired) electrons. The Morgan fingerprint density at radius 1 is 0.646 bits per heavy atom. The normalized spacial score (nSPS) is 12.3. The molecule has 0 aliphatic carbocycles. The van der Waals surface area contributed by atoms with Crippen molar-refractivity contribution in [2.45, 2.75) is 85.5 Å². The molecule has 6 rings (SSSR count). The number of phenolic OH excluding ortho intramolecular Hbond substituents is 1. The quantitative estimate of drug-likeness (QED) is 0.179. The number of nitrogens with zero attached hydrogens (tertiary/aromatic N) is 5.